The van der Waals surface area contributed by atoms with E-state index in [-0.39, 0.29) is 5.57 Å². The van der Waals surface area contributed by atoms with Crippen LogP contribution in [0.1, 0.15) is 17.7 Å². The monoisotopic (exact) mass is 377 g/mol. The van der Waals surface area contributed by atoms with Gasteiger partial charge in [0.1, 0.15) is 0 Å². The van der Waals surface area contributed by atoms with Gasteiger partial charge in [0.15, 0.2) is 0 Å². The lowest BCUT2D eigenvalue weighted by atomic mass is 9.84. The van der Waals surface area contributed by atoms with Crippen molar-refractivity contribution in [1.29, 1.82) is 0 Å². The van der Waals surface area contributed by atoms with Crippen molar-refractivity contribution >= 4 is 29.2 Å². The lowest BCUT2D eigenvalue weighted by Crippen LogP contribution is -2.32. The van der Waals surface area contributed by atoms with Crippen LogP contribution in [-0.2, 0) is 28.6 Å². The van der Waals surface area contributed by atoms with E-state index in [9.17, 15) is 14.4 Å². The number of methoxy groups -OCH3 is 3. The number of carbonyl (C=O) groups is 3. The first-order valence-electron chi connectivity index (χ1n) is 7.62. The molecule has 1 N–H and O–H groups in total. The molecular formula is C18H19NO6S. The van der Waals surface area contributed by atoms with Gasteiger partial charge in [0.05, 0.1) is 38.4 Å². The van der Waals surface area contributed by atoms with E-state index < -0.39 is 23.8 Å². The summed E-state index contributed by atoms with van der Waals surface area (Å²) in [6.45, 7) is 1.70. The van der Waals surface area contributed by atoms with Gasteiger partial charge in [-0.1, -0.05) is 6.07 Å². The molecule has 0 radical (unpaired) electrons. The second kappa shape index (κ2) is 8.48. The standard InChI is InChI=1S/C18H19NO6S/c1-10-14(17(21)24-3)16(12-6-5-9-26-12)15(18(22)25-4)11(19-10)7-8-13(20)23-2/h5-9,16,19H,1-4H3/b8-7+/t16-/m1/s1. The van der Waals surface area contributed by atoms with Crippen LogP contribution < -0.4 is 5.32 Å². The number of allylic oxidation sites excluding steroid dienone is 2. The maximum atomic E-state index is 12.5. The first-order valence-corrected chi connectivity index (χ1v) is 8.50. The SMILES string of the molecule is COC(=O)/C=C/C1=C(C(=O)OC)[C@H](c2cccs2)C(C(=O)OC)=C(C)N1. The molecule has 7 nitrogen and oxygen atoms in total. The van der Waals surface area contributed by atoms with Gasteiger partial charge in [0.25, 0.3) is 0 Å². The van der Waals surface area contributed by atoms with E-state index in [1.165, 1.54) is 44.8 Å². The number of carbonyl (C=O) groups excluding carboxylic acids is 3. The van der Waals surface area contributed by atoms with Crippen molar-refractivity contribution in [3.8, 4) is 0 Å². The van der Waals surface area contributed by atoms with Gasteiger partial charge in [0, 0.05) is 22.3 Å². The lowest BCUT2D eigenvalue weighted by Gasteiger charge is -2.29. The molecule has 2 heterocycles. The Labute approximate surface area is 154 Å². The number of ether oxygens (including phenoxy) is 3. The lowest BCUT2D eigenvalue weighted by molar-refractivity contribution is -0.137. The molecule has 0 aliphatic carbocycles. The molecule has 0 saturated heterocycles. The second-order valence-corrected chi connectivity index (χ2v) is 6.26. The molecule has 26 heavy (non-hydrogen) atoms. The van der Waals surface area contributed by atoms with E-state index in [4.69, 9.17) is 9.47 Å². The molecule has 1 atom stereocenters. The van der Waals surface area contributed by atoms with E-state index in [0.717, 1.165) is 4.88 Å². The van der Waals surface area contributed by atoms with Crippen LogP contribution in [0.4, 0.5) is 0 Å². The van der Waals surface area contributed by atoms with E-state index in [1.807, 2.05) is 17.5 Å². The third-order valence-corrected chi connectivity index (χ3v) is 4.76. The van der Waals surface area contributed by atoms with E-state index in [1.54, 1.807) is 6.92 Å². The zero-order valence-electron chi connectivity index (χ0n) is 14.8. The highest BCUT2D eigenvalue weighted by atomic mass is 32.1. The Hall–Kier alpha value is -2.87. The zero-order chi connectivity index (χ0) is 19.3. The van der Waals surface area contributed by atoms with Crippen LogP contribution in [0.2, 0.25) is 0 Å². The predicted molar refractivity (Wildman–Crippen MR) is 95.1 cm³/mol. The molecule has 0 aromatic carbocycles. The Kier molecular flexibility index (Phi) is 6.35. The maximum absolute atomic E-state index is 12.5. The number of nitrogens with one attached hydrogen (secondary N) is 1. The number of esters is 3. The summed E-state index contributed by atoms with van der Waals surface area (Å²) in [5, 5.41) is 4.83. The smallest absolute Gasteiger partial charge is 0.336 e. The number of hydrogen-bond donors (Lipinski definition) is 1. The Balaban J connectivity index is 2.68. The third-order valence-electron chi connectivity index (χ3n) is 3.82. The normalized spacial score (nSPS) is 17.2. The molecule has 1 aliphatic heterocycles. The molecule has 0 unspecified atom stereocenters. The van der Waals surface area contributed by atoms with E-state index >= 15 is 0 Å². The van der Waals surface area contributed by atoms with Crippen LogP contribution in [0.25, 0.3) is 0 Å². The Bertz CT molecular complexity index is 804. The zero-order valence-corrected chi connectivity index (χ0v) is 15.6. The Morgan fingerprint density at radius 3 is 2.27 bits per heavy atom. The molecule has 138 valence electrons. The summed E-state index contributed by atoms with van der Waals surface area (Å²) in [5.41, 5.74) is 1.39. The van der Waals surface area contributed by atoms with Crippen molar-refractivity contribution in [2.45, 2.75) is 12.8 Å². The quantitative estimate of drug-likeness (QED) is 0.477. The summed E-state index contributed by atoms with van der Waals surface area (Å²) >= 11 is 1.40. The van der Waals surface area contributed by atoms with Gasteiger partial charge in [-0.3, -0.25) is 0 Å². The fraction of sp³-hybridized carbons (Fsp3) is 0.278. The van der Waals surface area contributed by atoms with Gasteiger partial charge in [-0.15, -0.1) is 11.3 Å². The van der Waals surface area contributed by atoms with Gasteiger partial charge < -0.3 is 19.5 Å². The molecule has 0 spiro atoms. The fourth-order valence-electron chi connectivity index (χ4n) is 2.66. The molecule has 2 rings (SSSR count). The summed E-state index contributed by atoms with van der Waals surface area (Å²) in [4.78, 5) is 37.1. The van der Waals surface area contributed by atoms with E-state index in [0.29, 0.717) is 17.0 Å². The highest BCUT2D eigenvalue weighted by molar-refractivity contribution is 7.10. The molecule has 0 bridgehead atoms. The van der Waals surface area contributed by atoms with Gasteiger partial charge in [0.2, 0.25) is 0 Å². The van der Waals surface area contributed by atoms with Crippen molar-refractivity contribution in [2.24, 2.45) is 0 Å². The minimum Gasteiger partial charge on any atom is -0.466 e. The van der Waals surface area contributed by atoms with Gasteiger partial charge in [-0.25, -0.2) is 14.4 Å². The summed E-state index contributed by atoms with van der Waals surface area (Å²) < 4.78 is 14.4. The van der Waals surface area contributed by atoms with Crippen LogP contribution in [0.15, 0.2) is 52.2 Å². The Morgan fingerprint density at radius 1 is 1.08 bits per heavy atom. The first kappa shape index (κ1) is 19.5. The van der Waals surface area contributed by atoms with Gasteiger partial charge in [-0.2, -0.15) is 0 Å². The molecule has 0 amide bonds. The molecule has 0 fully saturated rings. The predicted octanol–water partition coefficient (Wildman–Crippen LogP) is 2.04. The molecule has 8 heteroatoms. The summed E-state index contributed by atoms with van der Waals surface area (Å²) in [6.07, 6.45) is 2.61. The third kappa shape index (κ3) is 3.85. The van der Waals surface area contributed by atoms with Gasteiger partial charge in [-0.05, 0) is 24.4 Å². The van der Waals surface area contributed by atoms with Crippen molar-refractivity contribution in [2.75, 3.05) is 21.3 Å². The number of thiophene rings is 1. The number of dihydropyridines is 1. The topological polar surface area (TPSA) is 90.9 Å². The van der Waals surface area contributed by atoms with Crippen molar-refractivity contribution < 1.29 is 28.6 Å². The van der Waals surface area contributed by atoms with Crippen LogP contribution in [-0.4, -0.2) is 39.2 Å². The molecule has 1 aromatic rings. The highest BCUT2D eigenvalue weighted by Crippen LogP contribution is 2.41. The second-order valence-electron chi connectivity index (χ2n) is 5.28. The van der Waals surface area contributed by atoms with Crippen LogP contribution >= 0.6 is 11.3 Å². The Morgan fingerprint density at radius 2 is 1.73 bits per heavy atom. The first-order chi connectivity index (χ1) is 12.4. The average molecular weight is 377 g/mol. The largest absolute Gasteiger partial charge is 0.466 e. The summed E-state index contributed by atoms with van der Waals surface area (Å²) in [6, 6.07) is 3.65. The minimum absolute atomic E-state index is 0.209. The van der Waals surface area contributed by atoms with Crippen molar-refractivity contribution in [1.82, 2.24) is 5.32 Å². The average Bonchev–Trinajstić information content (AvgIpc) is 3.18. The fourth-order valence-corrected chi connectivity index (χ4v) is 3.51. The summed E-state index contributed by atoms with van der Waals surface area (Å²) in [7, 11) is 3.79. The van der Waals surface area contributed by atoms with Crippen molar-refractivity contribution in [3.05, 3.63) is 57.1 Å². The highest BCUT2D eigenvalue weighted by Gasteiger charge is 2.38. The van der Waals surface area contributed by atoms with Crippen LogP contribution in [0.3, 0.4) is 0 Å². The molecular weight excluding hydrogens is 358 g/mol. The molecule has 1 aromatic heterocycles. The van der Waals surface area contributed by atoms with Crippen LogP contribution in [0.5, 0.6) is 0 Å². The van der Waals surface area contributed by atoms with Gasteiger partial charge >= 0.3 is 17.9 Å². The number of hydrogen-bond acceptors (Lipinski definition) is 8. The van der Waals surface area contributed by atoms with Crippen molar-refractivity contribution in [3.63, 3.8) is 0 Å². The molecule has 1 aliphatic rings. The molecule has 0 saturated carbocycles. The maximum Gasteiger partial charge on any atom is 0.336 e. The minimum atomic E-state index is -0.673. The van der Waals surface area contributed by atoms with Crippen LogP contribution in [0, 0.1) is 0 Å². The van der Waals surface area contributed by atoms with E-state index in [2.05, 4.69) is 10.1 Å². The number of rotatable bonds is 5. The summed E-state index contributed by atoms with van der Waals surface area (Å²) in [5.74, 6) is -2.41.